The first-order chi connectivity index (χ1) is 19.6. The Morgan fingerprint density at radius 3 is 2.07 bits per heavy atom. The van der Waals surface area contributed by atoms with Crippen LogP contribution in [0.5, 0.6) is 5.75 Å². The van der Waals surface area contributed by atoms with E-state index in [9.17, 15) is 18.6 Å². The molecule has 2 atom stereocenters. The fourth-order valence-electron chi connectivity index (χ4n) is 6.07. The Balaban J connectivity index is 1.75. The van der Waals surface area contributed by atoms with Gasteiger partial charge in [0.1, 0.15) is 12.4 Å². The lowest BCUT2D eigenvalue weighted by molar-refractivity contribution is 0.0127. The third-order valence-electron chi connectivity index (χ3n) is 8.51. The number of hydrogen-bond acceptors (Lipinski definition) is 6. The van der Waals surface area contributed by atoms with E-state index in [1.54, 1.807) is 6.07 Å². The molecule has 2 N–H and O–H groups in total. The van der Waals surface area contributed by atoms with E-state index in [2.05, 4.69) is 13.8 Å². The number of fused-ring (bicyclic) bond motifs is 1. The van der Waals surface area contributed by atoms with Crippen molar-refractivity contribution in [1.29, 1.82) is 0 Å². The predicted octanol–water partition coefficient (Wildman–Crippen LogP) is 6.47. The number of aliphatic hydroxyl groups is 2. The van der Waals surface area contributed by atoms with E-state index in [0.29, 0.717) is 35.7 Å². The Morgan fingerprint density at radius 2 is 1.51 bits per heavy atom. The normalized spacial score (nSPS) is 19.3. The first-order valence-electron chi connectivity index (χ1n) is 14.8. The molecule has 0 amide bonds. The zero-order valence-electron chi connectivity index (χ0n) is 24.8. The summed E-state index contributed by atoms with van der Waals surface area (Å²) in [7, 11) is 0.244. The van der Waals surface area contributed by atoms with Crippen LogP contribution in [0.2, 0.25) is 0 Å². The van der Waals surface area contributed by atoms with E-state index in [-0.39, 0.29) is 12.4 Å². The van der Waals surface area contributed by atoms with Crippen molar-refractivity contribution < 1.29 is 23.4 Å². The molecule has 3 aromatic rings. The van der Waals surface area contributed by atoms with E-state index >= 15 is 0 Å². The van der Waals surface area contributed by atoms with Crippen LogP contribution in [0.1, 0.15) is 80.5 Å². The number of sulfone groups is 1. The van der Waals surface area contributed by atoms with Crippen molar-refractivity contribution in [3.8, 4) is 5.75 Å². The molecule has 7 heteroatoms. The Morgan fingerprint density at radius 1 is 0.902 bits per heavy atom. The van der Waals surface area contributed by atoms with Gasteiger partial charge in [-0.15, -0.1) is 0 Å². The van der Waals surface area contributed by atoms with Gasteiger partial charge in [0.15, 0.2) is 9.84 Å². The summed E-state index contributed by atoms with van der Waals surface area (Å²) >= 11 is 0. The standard InChI is InChI=1S/C34H45NO5S/c1-5-7-19-34(20-8-6-2)24-41(38,39)31-18-15-28(35(3)4)21-30(31)32(33(34)37)27-13-16-29(17-14-27)40-23-26-11-9-25(22-36)10-12-26/h9-18,21,32-33,36-37H,5-8,19-20,22-24H2,1-4H3/t32?,33-/m1/s1. The molecule has 0 aromatic heterocycles. The number of nitrogens with zero attached hydrogens (tertiary/aromatic N) is 1. The molecule has 3 aromatic carbocycles. The topological polar surface area (TPSA) is 87.1 Å². The number of hydrogen-bond donors (Lipinski definition) is 2. The number of ether oxygens (including phenoxy) is 1. The lowest BCUT2D eigenvalue weighted by Crippen LogP contribution is -2.43. The van der Waals surface area contributed by atoms with Crippen LogP contribution >= 0.6 is 0 Å². The maximum atomic E-state index is 14.0. The maximum absolute atomic E-state index is 14.0. The molecule has 0 radical (unpaired) electrons. The highest BCUT2D eigenvalue weighted by Crippen LogP contribution is 2.50. The van der Waals surface area contributed by atoms with Crippen molar-refractivity contribution in [3.63, 3.8) is 0 Å². The van der Waals surface area contributed by atoms with Crippen LogP contribution in [0.3, 0.4) is 0 Å². The molecular weight excluding hydrogens is 534 g/mol. The number of rotatable bonds is 12. The first kappa shape index (κ1) is 31.1. The minimum Gasteiger partial charge on any atom is -0.489 e. The van der Waals surface area contributed by atoms with Gasteiger partial charge in [-0.25, -0.2) is 8.42 Å². The van der Waals surface area contributed by atoms with Gasteiger partial charge in [-0.05, 0) is 65.4 Å². The van der Waals surface area contributed by atoms with Crippen molar-refractivity contribution in [2.24, 2.45) is 5.41 Å². The van der Waals surface area contributed by atoms with Gasteiger partial charge in [-0.2, -0.15) is 0 Å². The van der Waals surface area contributed by atoms with E-state index in [0.717, 1.165) is 48.1 Å². The van der Waals surface area contributed by atoms with Gasteiger partial charge < -0.3 is 19.8 Å². The Bertz CT molecular complexity index is 1380. The summed E-state index contributed by atoms with van der Waals surface area (Å²) in [6.07, 6.45) is 4.11. The molecule has 0 aliphatic carbocycles. The van der Waals surface area contributed by atoms with Crippen LogP contribution in [-0.2, 0) is 23.1 Å². The van der Waals surface area contributed by atoms with Gasteiger partial charge in [0.25, 0.3) is 0 Å². The van der Waals surface area contributed by atoms with Gasteiger partial charge in [0.2, 0.25) is 0 Å². The van der Waals surface area contributed by atoms with Crippen molar-refractivity contribution in [2.75, 3.05) is 24.7 Å². The smallest absolute Gasteiger partial charge is 0.179 e. The average Bonchev–Trinajstić information content (AvgIpc) is 3.04. The summed E-state index contributed by atoms with van der Waals surface area (Å²) in [5, 5.41) is 21.6. The second kappa shape index (κ2) is 13.4. The molecule has 4 rings (SSSR count). The molecule has 41 heavy (non-hydrogen) atoms. The molecule has 1 unspecified atom stereocenters. The van der Waals surface area contributed by atoms with Gasteiger partial charge in [-0.3, -0.25) is 0 Å². The highest BCUT2D eigenvalue weighted by molar-refractivity contribution is 7.91. The molecule has 1 aliphatic heterocycles. The Hall–Kier alpha value is -2.87. The van der Waals surface area contributed by atoms with Crippen LogP contribution < -0.4 is 9.64 Å². The highest BCUT2D eigenvalue weighted by atomic mass is 32.2. The summed E-state index contributed by atoms with van der Waals surface area (Å²) < 4.78 is 34.0. The van der Waals surface area contributed by atoms with Gasteiger partial charge in [0.05, 0.1) is 23.4 Å². The number of benzene rings is 3. The number of anilines is 1. The summed E-state index contributed by atoms with van der Waals surface area (Å²) in [5.41, 5.74) is 3.56. The number of unbranched alkanes of at least 4 members (excludes halogenated alkanes) is 2. The van der Waals surface area contributed by atoms with Crippen LogP contribution in [0.4, 0.5) is 5.69 Å². The third-order valence-corrected chi connectivity index (χ3v) is 10.5. The zero-order valence-corrected chi connectivity index (χ0v) is 25.7. The minimum atomic E-state index is -3.63. The molecule has 6 nitrogen and oxygen atoms in total. The second-order valence-electron chi connectivity index (χ2n) is 11.7. The Labute approximate surface area is 245 Å². The minimum absolute atomic E-state index is 0.00819. The molecule has 0 spiro atoms. The summed E-state index contributed by atoms with van der Waals surface area (Å²) in [4.78, 5) is 2.29. The summed E-state index contributed by atoms with van der Waals surface area (Å²) in [5.74, 6) is 0.166. The van der Waals surface area contributed by atoms with Crippen molar-refractivity contribution in [2.45, 2.75) is 82.5 Å². The highest BCUT2D eigenvalue weighted by Gasteiger charge is 2.49. The second-order valence-corrected chi connectivity index (χ2v) is 13.7. The molecule has 0 saturated heterocycles. The zero-order chi connectivity index (χ0) is 29.6. The largest absolute Gasteiger partial charge is 0.489 e. The van der Waals surface area contributed by atoms with Crippen molar-refractivity contribution in [3.05, 3.63) is 89.0 Å². The summed E-state index contributed by atoms with van der Waals surface area (Å²) in [6.45, 7) is 4.62. The van der Waals surface area contributed by atoms with E-state index in [1.807, 2.05) is 79.7 Å². The molecule has 1 aliphatic rings. The molecular formula is C34H45NO5S. The van der Waals surface area contributed by atoms with Gasteiger partial charge in [0, 0.05) is 31.1 Å². The van der Waals surface area contributed by atoms with Crippen LogP contribution in [0, 0.1) is 5.41 Å². The average molecular weight is 580 g/mol. The van der Waals surface area contributed by atoms with Crippen molar-refractivity contribution >= 4 is 15.5 Å². The number of aliphatic hydroxyl groups excluding tert-OH is 2. The van der Waals surface area contributed by atoms with E-state index in [4.69, 9.17) is 4.74 Å². The van der Waals surface area contributed by atoms with Crippen LogP contribution in [0.25, 0.3) is 0 Å². The van der Waals surface area contributed by atoms with Gasteiger partial charge >= 0.3 is 0 Å². The summed E-state index contributed by atoms with van der Waals surface area (Å²) in [6, 6.07) is 20.9. The van der Waals surface area contributed by atoms with E-state index in [1.165, 1.54) is 0 Å². The molecule has 0 bridgehead atoms. The predicted molar refractivity (Wildman–Crippen MR) is 165 cm³/mol. The van der Waals surface area contributed by atoms with Crippen LogP contribution in [-0.4, -0.2) is 44.6 Å². The monoisotopic (exact) mass is 579 g/mol. The lowest BCUT2D eigenvalue weighted by atomic mass is 9.68. The van der Waals surface area contributed by atoms with Crippen molar-refractivity contribution in [1.82, 2.24) is 0 Å². The quantitative estimate of drug-likeness (QED) is 0.256. The van der Waals surface area contributed by atoms with Gasteiger partial charge in [-0.1, -0.05) is 75.9 Å². The Kier molecular flexibility index (Phi) is 10.2. The first-order valence-corrected chi connectivity index (χ1v) is 16.4. The molecule has 1 heterocycles. The fraction of sp³-hybridized carbons (Fsp3) is 0.471. The SMILES string of the molecule is CCCCC1(CCCC)CS(=O)(=O)c2ccc(N(C)C)cc2C(c2ccc(OCc3ccc(CO)cc3)cc2)[C@H]1O. The van der Waals surface area contributed by atoms with Crippen LogP contribution in [0.15, 0.2) is 71.6 Å². The maximum Gasteiger partial charge on any atom is 0.179 e. The molecule has 0 saturated carbocycles. The van der Waals surface area contributed by atoms with E-state index < -0.39 is 27.3 Å². The third kappa shape index (κ3) is 6.96. The molecule has 222 valence electrons. The fourth-order valence-corrected chi connectivity index (χ4v) is 8.26. The molecule has 0 fully saturated rings. The lowest BCUT2D eigenvalue weighted by Gasteiger charge is -2.40.